The number of hydrogen-bond donors (Lipinski definition) is 1. The summed E-state index contributed by atoms with van der Waals surface area (Å²) in [5.41, 5.74) is 2.27. The van der Waals surface area contributed by atoms with E-state index in [0.29, 0.717) is 5.69 Å². The fourth-order valence-electron chi connectivity index (χ4n) is 3.76. The normalized spacial score (nSPS) is 13.2. The van der Waals surface area contributed by atoms with E-state index in [1.165, 1.54) is 31.7 Å². The van der Waals surface area contributed by atoms with Gasteiger partial charge >= 0.3 is 5.69 Å². The van der Waals surface area contributed by atoms with Crippen molar-refractivity contribution in [2.75, 3.05) is 12.4 Å². The predicted molar refractivity (Wildman–Crippen MR) is 115 cm³/mol. The molecular weight excluding hydrogens is 398 g/mol. The number of methoxy groups -OCH3 is 1. The van der Waals surface area contributed by atoms with E-state index in [4.69, 9.17) is 4.74 Å². The first kappa shape index (κ1) is 20.5. The molecule has 0 saturated carbocycles. The molecule has 9 heteroatoms. The third kappa shape index (κ3) is 4.11. The molecule has 0 atom stereocenters. The number of fused-ring (bicyclic) bond motifs is 1. The van der Waals surface area contributed by atoms with E-state index in [1.54, 1.807) is 0 Å². The Bertz CT molecular complexity index is 1150. The lowest BCUT2D eigenvalue weighted by Gasteiger charge is -2.12. The minimum Gasteiger partial charge on any atom is -0.490 e. The number of hydrogen-bond acceptors (Lipinski definition) is 6. The van der Waals surface area contributed by atoms with Crippen molar-refractivity contribution in [1.29, 1.82) is 0 Å². The van der Waals surface area contributed by atoms with Crippen LogP contribution in [-0.2, 0) is 13.0 Å². The van der Waals surface area contributed by atoms with Crippen LogP contribution in [0.5, 0.6) is 5.75 Å². The third-order valence-electron chi connectivity index (χ3n) is 5.49. The van der Waals surface area contributed by atoms with Crippen LogP contribution in [0.15, 0.2) is 36.4 Å². The molecule has 1 aliphatic heterocycles. The molecule has 0 radical (unpaired) electrons. The van der Waals surface area contributed by atoms with Crippen LogP contribution in [-0.4, -0.2) is 32.7 Å². The SMILES string of the molecule is COc1ccc(C(=O)Nc2cc(-c3nnc4n3CCCCC4)ccc2C)cc1[N+](=O)[O-]. The van der Waals surface area contributed by atoms with Crippen molar-refractivity contribution in [3.63, 3.8) is 0 Å². The van der Waals surface area contributed by atoms with E-state index in [9.17, 15) is 14.9 Å². The molecule has 9 nitrogen and oxygen atoms in total. The summed E-state index contributed by atoms with van der Waals surface area (Å²) >= 11 is 0. The van der Waals surface area contributed by atoms with Gasteiger partial charge in [-0.1, -0.05) is 18.6 Å². The second-order valence-electron chi connectivity index (χ2n) is 7.53. The van der Waals surface area contributed by atoms with Crippen molar-refractivity contribution < 1.29 is 14.5 Å². The molecule has 0 spiro atoms. The first-order chi connectivity index (χ1) is 15.0. The van der Waals surface area contributed by atoms with Crippen molar-refractivity contribution >= 4 is 17.3 Å². The Hall–Kier alpha value is -3.75. The maximum absolute atomic E-state index is 12.8. The highest BCUT2D eigenvalue weighted by Crippen LogP contribution is 2.30. The van der Waals surface area contributed by atoms with Gasteiger partial charge < -0.3 is 14.6 Å². The summed E-state index contributed by atoms with van der Waals surface area (Å²) in [5.74, 6) is 1.44. The van der Waals surface area contributed by atoms with Gasteiger partial charge in [-0.15, -0.1) is 10.2 Å². The first-order valence-electron chi connectivity index (χ1n) is 10.1. The molecule has 1 N–H and O–H groups in total. The van der Waals surface area contributed by atoms with Crippen LogP contribution >= 0.6 is 0 Å². The van der Waals surface area contributed by atoms with Gasteiger partial charge in [0.05, 0.1) is 12.0 Å². The molecule has 0 unspecified atom stereocenters. The largest absolute Gasteiger partial charge is 0.490 e. The number of aryl methyl sites for hydroxylation is 2. The van der Waals surface area contributed by atoms with E-state index >= 15 is 0 Å². The van der Waals surface area contributed by atoms with E-state index < -0.39 is 10.8 Å². The lowest BCUT2D eigenvalue weighted by atomic mass is 10.1. The van der Waals surface area contributed by atoms with E-state index in [-0.39, 0.29) is 17.0 Å². The molecule has 160 valence electrons. The first-order valence-corrected chi connectivity index (χ1v) is 10.1. The standard InChI is InChI=1S/C22H23N5O4/c1-14-7-8-15(21-25-24-20-6-4-3-5-11-26(20)21)12-17(14)23-22(28)16-9-10-19(31-2)18(13-16)27(29)30/h7-10,12-13H,3-6,11H2,1-2H3,(H,23,28). The van der Waals surface area contributed by atoms with Gasteiger partial charge in [0.25, 0.3) is 5.91 Å². The van der Waals surface area contributed by atoms with Crippen molar-refractivity contribution in [2.45, 2.75) is 39.2 Å². The number of nitro groups is 1. The maximum Gasteiger partial charge on any atom is 0.311 e. The number of nitrogens with one attached hydrogen (secondary N) is 1. The monoisotopic (exact) mass is 421 g/mol. The summed E-state index contributed by atoms with van der Waals surface area (Å²) in [5, 5.41) is 22.9. The second kappa shape index (κ2) is 8.55. The van der Waals surface area contributed by atoms with E-state index in [2.05, 4.69) is 20.1 Å². The number of anilines is 1. The Morgan fingerprint density at radius 2 is 2.00 bits per heavy atom. The number of carbonyl (C=O) groups excluding carboxylic acids is 1. The molecule has 0 fully saturated rings. The fraction of sp³-hybridized carbons (Fsp3) is 0.318. The highest BCUT2D eigenvalue weighted by molar-refractivity contribution is 6.05. The Balaban J connectivity index is 1.63. The van der Waals surface area contributed by atoms with Gasteiger partial charge in [0.15, 0.2) is 11.6 Å². The zero-order valence-electron chi connectivity index (χ0n) is 17.4. The zero-order valence-corrected chi connectivity index (χ0v) is 17.4. The highest BCUT2D eigenvalue weighted by atomic mass is 16.6. The average Bonchev–Trinajstić information content (AvgIpc) is 3.02. The molecule has 31 heavy (non-hydrogen) atoms. The van der Waals surface area contributed by atoms with Gasteiger partial charge in [-0.25, -0.2) is 0 Å². The number of amides is 1. The van der Waals surface area contributed by atoms with Crippen molar-refractivity contribution in [3.8, 4) is 17.1 Å². The Morgan fingerprint density at radius 1 is 1.16 bits per heavy atom. The molecule has 2 aromatic carbocycles. The molecule has 3 aromatic rings. The van der Waals surface area contributed by atoms with E-state index in [1.807, 2.05) is 25.1 Å². The van der Waals surface area contributed by atoms with Gasteiger partial charge in [-0.2, -0.15) is 0 Å². The third-order valence-corrected chi connectivity index (χ3v) is 5.49. The summed E-state index contributed by atoms with van der Waals surface area (Å²) < 4.78 is 7.15. The van der Waals surface area contributed by atoms with Gasteiger partial charge in [0.1, 0.15) is 5.82 Å². The van der Waals surface area contributed by atoms with Gasteiger partial charge in [-0.3, -0.25) is 14.9 Å². The van der Waals surface area contributed by atoms with Crippen LogP contribution in [0.2, 0.25) is 0 Å². The Labute approximate surface area is 179 Å². The molecule has 0 aliphatic carbocycles. The van der Waals surface area contributed by atoms with Crippen molar-refractivity contribution in [3.05, 3.63) is 63.5 Å². The Kier molecular flexibility index (Phi) is 5.66. The number of nitro benzene ring substituents is 1. The summed E-state index contributed by atoms with van der Waals surface area (Å²) in [4.78, 5) is 23.5. The van der Waals surface area contributed by atoms with Crippen LogP contribution in [0.3, 0.4) is 0 Å². The number of carbonyl (C=O) groups is 1. The lowest BCUT2D eigenvalue weighted by Crippen LogP contribution is -2.13. The molecule has 2 heterocycles. The summed E-state index contributed by atoms with van der Waals surface area (Å²) in [6, 6.07) is 9.88. The van der Waals surface area contributed by atoms with Crippen LogP contribution < -0.4 is 10.1 Å². The number of rotatable bonds is 5. The number of nitrogens with zero attached hydrogens (tertiary/aromatic N) is 4. The molecule has 0 bridgehead atoms. The van der Waals surface area contributed by atoms with Crippen LogP contribution in [0, 0.1) is 17.0 Å². The highest BCUT2D eigenvalue weighted by Gasteiger charge is 2.20. The Morgan fingerprint density at radius 3 is 2.77 bits per heavy atom. The summed E-state index contributed by atoms with van der Waals surface area (Å²) in [7, 11) is 1.35. The zero-order chi connectivity index (χ0) is 22.0. The van der Waals surface area contributed by atoms with Gasteiger partial charge in [0, 0.05) is 35.8 Å². The van der Waals surface area contributed by atoms with Gasteiger partial charge in [0.2, 0.25) is 0 Å². The van der Waals surface area contributed by atoms with Crippen LogP contribution in [0.1, 0.15) is 41.0 Å². The molecule has 1 aliphatic rings. The smallest absolute Gasteiger partial charge is 0.311 e. The second-order valence-corrected chi connectivity index (χ2v) is 7.53. The predicted octanol–water partition coefficient (Wildman–Crippen LogP) is 4.15. The number of ether oxygens (including phenoxy) is 1. The minimum atomic E-state index is -0.571. The van der Waals surface area contributed by atoms with Crippen molar-refractivity contribution in [1.82, 2.24) is 14.8 Å². The summed E-state index contributed by atoms with van der Waals surface area (Å²) in [6.45, 7) is 2.77. The minimum absolute atomic E-state index is 0.104. The lowest BCUT2D eigenvalue weighted by molar-refractivity contribution is -0.385. The topological polar surface area (TPSA) is 112 Å². The van der Waals surface area contributed by atoms with Gasteiger partial charge in [-0.05, 0) is 43.5 Å². The number of benzene rings is 2. The average molecular weight is 421 g/mol. The molecular formula is C22H23N5O4. The maximum atomic E-state index is 12.8. The molecule has 1 aromatic heterocycles. The van der Waals surface area contributed by atoms with E-state index in [0.717, 1.165) is 48.6 Å². The van der Waals surface area contributed by atoms with Crippen LogP contribution in [0.4, 0.5) is 11.4 Å². The molecule has 4 rings (SSSR count). The summed E-state index contributed by atoms with van der Waals surface area (Å²) in [6.07, 6.45) is 4.29. The molecule has 1 amide bonds. The fourth-order valence-corrected chi connectivity index (χ4v) is 3.76. The number of aromatic nitrogens is 3. The van der Waals surface area contributed by atoms with Crippen molar-refractivity contribution in [2.24, 2.45) is 0 Å². The quantitative estimate of drug-likeness (QED) is 0.489. The molecule has 0 saturated heterocycles. The van der Waals surface area contributed by atoms with Crippen LogP contribution in [0.25, 0.3) is 11.4 Å².